The predicted molar refractivity (Wildman–Crippen MR) is 100 cm³/mol. The van der Waals surface area contributed by atoms with Crippen molar-refractivity contribution in [1.29, 1.82) is 0 Å². The summed E-state index contributed by atoms with van der Waals surface area (Å²) < 4.78 is 13.3. The molecule has 0 aliphatic carbocycles. The molecule has 2 aromatic carbocycles. The molecule has 132 valence electrons. The van der Waals surface area contributed by atoms with Gasteiger partial charge in [0.2, 0.25) is 0 Å². The number of halogens is 1. The summed E-state index contributed by atoms with van der Waals surface area (Å²) in [5.74, 6) is -0.209. The highest BCUT2D eigenvalue weighted by Crippen LogP contribution is 2.24. The quantitative estimate of drug-likeness (QED) is 0.744. The summed E-state index contributed by atoms with van der Waals surface area (Å²) in [5, 5.41) is 2.64. The smallest absolute Gasteiger partial charge is 0.274 e. The number of benzene rings is 2. The third-order valence-corrected chi connectivity index (χ3v) is 3.87. The molecule has 1 heterocycles. The first-order chi connectivity index (χ1) is 12.6. The van der Waals surface area contributed by atoms with Gasteiger partial charge in [-0.05, 0) is 49.7 Å². The highest BCUT2D eigenvalue weighted by atomic mass is 19.1. The second-order valence-corrected chi connectivity index (χ2v) is 5.81. The molecular formula is C20H19FN4O. The molecule has 0 spiro atoms. The Morgan fingerprint density at radius 3 is 2.65 bits per heavy atom. The van der Waals surface area contributed by atoms with Crippen molar-refractivity contribution in [3.05, 3.63) is 78.0 Å². The maximum Gasteiger partial charge on any atom is 0.274 e. The molecule has 3 aromatic rings. The summed E-state index contributed by atoms with van der Waals surface area (Å²) in [4.78, 5) is 22.8. The Morgan fingerprint density at radius 2 is 1.92 bits per heavy atom. The number of carbonyl (C=O) groups is 1. The van der Waals surface area contributed by atoms with Crippen LogP contribution in [0.5, 0.6) is 0 Å². The van der Waals surface area contributed by atoms with Crippen LogP contribution in [-0.2, 0) is 0 Å². The van der Waals surface area contributed by atoms with E-state index in [0.29, 0.717) is 18.1 Å². The number of amides is 1. The molecule has 0 atom stereocenters. The number of hydrogen-bond donors (Lipinski definition) is 1. The van der Waals surface area contributed by atoms with Crippen molar-refractivity contribution in [2.75, 3.05) is 16.8 Å². The van der Waals surface area contributed by atoms with Crippen LogP contribution >= 0.6 is 0 Å². The average Bonchev–Trinajstić information content (AvgIpc) is 2.63. The second kappa shape index (κ2) is 7.74. The van der Waals surface area contributed by atoms with E-state index in [9.17, 15) is 9.18 Å². The maximum absolute atomic E-state index is 13.3. The van der Waals surface area contributed by atoms with Gasteiger partial charge in [0.15, 0.2) is 0 Å². The minimum atomic E-state index is -0.417. The highest BCUT2D eigenvalue weighted by molar-refractivity contribution is 6.03. The molecule has 0 saturated carbocycles. The van der Waals surface area contributed by atoms with Crippen molar-refractivity contribution in [1.82, 2.24) is 9.97 Å². The van der Waals surface area contributed by atoms with Gasteiger partial charge in [0, 0.05) is 24.0 Å². The van der Waals surface area contributed by atoms with E-state index in [1.54, 1.807) is 12.1 Å². The van der Waals surface area contributed by atoms with E-state index in [1.807, 2.05) is 36.9 Å². The summed E-state index contributed by atoms with van der Waals surface area (Å²) >= 11 is 0. The summed E-state index contributed by atoms with van der Waals surface area (Å²) in [6.07, 6.45) is 1.36. The van der Waals surface area contributed by atoms with Crippen LogP contribution in [0.3, 0.4) is 0 Å². The Bertz CT molecular complexity index is 929. The van der Waals surface area contributed by atoms with E-state index in [4.69, 9.17) is 0 Å². The first kappa shape index (κ1) is 17.5. The third kappa shape index (κ3) is 4.03. The Morgan fingerprint density at radius 1 is 1.12 bits per heavy atom. The van der Waals surface area contributed by atoms with E-state index >= 15 is 0 Å². The van der Waals surface area contributed by atoms with Gasteiger partial charge in [0.05, 0.1) is 0 Å². The maximum atomic E-state index is 13.3. The lowest BCUT2D eigenvalue weighted by Crippen LogP contribution is -2.20. The predicted octanol–water partition coefficient (Wildman–Crippen LogP) is 4.33. The fourth-order valence-electron chi connectivity index (χ4n) is 2.65. The largest absolute Gasteiger partial charge is 0.327 e. The van der Waals surface area contributed by atoms with E-state index in [0.717, 1.165) is 11.3 Å². The van der Waals surface area contributed by atoms with Gasteiger partial charge in [-0.2, -0.15) is 0 Å². The number of aromatic nitrogens is 2. The van der Waals surface area contributed by atoms with Gasteiger partial charge in [-0.1, -0.05) is 18.2 Å². The Balaban J connectivity index is 1.86. The van der Waals surface area contributed by atoms with Gasteiger partial charge < -0.3 is 10.2 Å². The molecule has 3 rings (SSSR count). The van der Waals surface area contributed by atoms with Gasteiger partial charge in [-0.15, -0.1) is 0 Å². The SMILES string of the molecule is CCN(c1cccc(C)c1)c1cc(C(=O)Nc2cccc(F)c2)ncn1. The molecule has 0 fully saturated rings. The van der Waals surface area contributed by atoms with Gasteiger partial charge in [0.25, 0.3) is 5.91 Å². The number of nitrogens with zero attached hydrogens (tertiary/aromatic N) is 3. The zero-order valence-corrected chi connectivity index (χ0v) is 14.6. The molecule has 0 unspecified atom stereocenters. The van der Waals surface area contributed by atoms with Crippen LogP contribution in [-0.4, -0.2) is 22.4 Å². The van der Waals surface area contributed by atoms with Crippen molar-refractivity contribution in [3.63, 3.8) is 0 Å². The molecule has 0 aliphatic heterocycles. The Labute approximate surface area is 151 Å². The molecule has 0 bridgehead atoms. The van der Waals surface area contributed by atoms with E-state index in [-0.39, 0.29) is 5.69 Å². The number of rotatable bonds is 5. The summed E-state index contributed by atoms with van der Waals surface area (Å²) in [6.45, 7) is 4.72. The Kier molecular flexibility index (Phi) is 5.22. The highest BCUT2D eigenvalue weighted by Gasteiger charge is 2.14. The van der Waals surface area contributed by atoms with Crippen molar-refractivity contribution >= 4 is 23.1 Å². The van der Waals surface area contributed by atoms with Crippen molar-refractivity contribution < 1.29 is 9.18 Å². The molecule has 6 heteroatoms. The van der Waals surface area contributed by atoms with Crippen molar-refractivity contribution in [3.8, 4) is 0 Å². The fourth-order valence-corrected chi connectivity index (χ4v) is 2.65. The molecule has 1 N–H and O–H groups in total. The van der Waals surface area contributed by atoms with Crippen LogP contribution in [0.4, 0.5) is 21.6 Å². The van der Waals surface area contributed by atoms with Crippen LogP contribution < -0.4 is 10.2 Å². The zero-order valence-electron chi connectivity index (χ0n) is 14.6. The van der Waals surface area contributed by atoms with Crippen LogP contribution in [0.25, 0.3) is 0 Å². The molecular weight excluding hydrogens is 331 g/mol. The van der Waals surface area contributed by atoms with E-state index < -0.39 is 11.7 Å². The van der Waals surface area contributed by atoms with Gasteiger partial charge in [-0.3, -0.25) is 4.79 Å². The van der Waals surface area contributed by atoms with Crippen LogP contribution in [0, 0.1) is 12.7 Å². The fraction of sp³-hybridized carbons (Fsp3) is 0.150. The minimum Gasteiger partial charge on any atom is -0.327 e. The Hall–Kier alpha value is -3.28. The first-order valence-electron chi connectivity index (χ1n) is 8.30. The van der Waals surface area contributed by atoms with Crippen LogP contribution in [0.15, 0.2) is 60.9 Å². The van der Waals surface area contributed by atoms with E-state index in [1.165, 1.54) is 24.5 Å². The molecule has 0 radical (unpaired) electrons. The number of aryl methyl sites for hydroxylation is 1. The van der Waals surface area contributed by atoms with Crippen molar-refractivity contribution in [2.45, 2.75) is 13.8 Å². The lowest BCUT2D eigenvalue weighted by molar-refractivity contribution is 0.102. The van der Waals surface area contributed by atoms with Gasteiger partial charge in [0.1, 0.15) is 23.7 Å². The minimum absolute atomic E-state index is 0.213. The molecule has 0 saturated heterocycles. The standard InChI is InChI=1S/C20H19FN4O/c1-3-25(17-9-4-6-14(2)10-17)19-12-18(22-13-23-19)20(26)24-16-8-5-7-15(21)11-16/h4-13H,3H2,1-2H3,(H,24,26). The number of carbonyl (C=O) groups excluding carboxylic acids is 1. The number of anilines is 3. The molecule has 26 heavy (non-hydrogen) atoms. The third-order valence-electron chi connectivity index (χ3n) is 3.87. The lowest BCUT2D eigenvalue weighted by Gasteiger charge is -2.22. The summed E-state index contributed by atoms with van der Waals surface area (Å²) in [7, 11) is 0. The number of nitrogens with one attached hydrogen (secondary N) is 1. The first-order valence-corrected chi connectivity index (χ1v) is 8.30. The normalized spacial score (nSPS) is 10.4. The molecule has 0 aliphatic rings. The zero-order chi connectivity index (χ0) is 18.5. The van der Waals surface area contributed by atoms with E-state index in [2.05, 4.69) is 21.4 Å². The second-order valence-electron chi connectivity index (χ2n) is 5.81. The summed E-state index contributed by atoms with van der Waals surface area (Å²) in [6, 6.07) is 15.4. The number of hydrogen-bond acceptors (Lipinski definition) is 4. The molecule has 1 aromatic heterocycles. The van der Waals surface area contributed by atoms with Gasteiger partial charge in [-0.25, -0.2) is 14.4 Å². The average molecular weight is 350 g/mol. The molecule has 1 amide bonds. The lowest BCUT2D eigenvalue weighted by atomic mass is 10.2. The topological polar surface area (TPSA) is 58.1 Å². The van der Waals surface area contributed by atoms with Crippen LogP contribution in [0.1, 0.15) is 23.0 Å². The van der Waals surface area contributed by atoms with Crippen molar-refractivity contribution in [2.24, 2.45) is 0 Å². The summed E-state index contributed by atoms with van der Waals surface area (Å²) in [5.41, 5.74) is 2.72. The molecule has 5 nitrogen and oxygen atoms in total. The monoisotopic (exact) mass is 350 g/mol. The van der Waals surface area contributed by atoms with Crippen LogP contribution in [0.2, 0.25) is 0 Å². The van der Waals surface area contributed by atoms with Gasteiger partial charge >= 0.3 is 0 Å².